The van der Waals surface area contributed by atoms with Crippen LogP contribution < -0.4 is 0 Å². The fourth-order valence-electron chi connectivity index (χ4n) is 2.44. The van der Waals surface area contributed by atoms with Crippen molar-refractivity contribution in [2.45, 2.75) is 12.0 Å². The zero-order valence-corrected chi connectivity index (χ0v) is 11.7. The van der Waals surface area contributed by atoms with E-state index in [-0.39, 0.29) is 18.3 Å². The number of aliphatic hydroxyl groups is 1. The van der Waals surface area contributed by atoms with Crippen molar-refractivity contribution in [1.29, 1.82) is 0 Å². The van der Waals surface area contributed by atoms with E-state index in [9.17, 15) is 5.11 Å². The zero-order valence-electron chi connectivity index (χ0n) is 10.9. The number of hydrogen-bond acceptors (Lipinski definition) is 4. The van der Waals surface area contributed by atoms with Crippen molar-refractivity contribution in [2.75, 3.05) is 33.9 Å². The lowest BCUT2D eigenvalue weighted by Crippen LogP contribution is -2.47. The molecule has 0 saturated carbocycles. The first kappa shape index (κ1) is 15.4. The van der Waals surface area contributed by atoms with Gasteiger partial charge in [0, 0.05) is 43.4 Å². The molecule has 1 aliphatic heterocycles. The smallest absolute Gasteiger partial charge is 0.0995 e. The molecule has 1 fully saturated rings. The second-order valence-corrected chi connectivity index (χ2v) is 4.95. The Hall–Kier alpha value is -0.680. The monoisotopic (exact) mass is 272 g/mol. The van der Waals surface area contributed by atoms with Crippen LogP contribution in [0.4, 0.5) is 0 Å². The van der Waals surface area contributed by atoms with Crippen molar-refractivity contribution in [3.05, 3.63) is 30.1 Å². The second kappa shape index (κ2) is 6.48. The average Bonchev–Trinajstić information content (AvgIpc) is 2.33. The van der Waals surface area contributed by atoms with E-state index in [1.807, 2.05) is 26.2 Å². The molecule has 18 heavy (non-hydrogen) atoms. The van der Waals surface area contributed by atoms with Gasteiger partial charge in [0.2, 0.25) is 0 Å². The van der Waals surface area contributed by atoms with E-state index in [1.54, 1.807) is 12.4 Å². The van der Waals surface area contributed by atoms with Crippen LogP contribution in [-0.4, -0.2) is 48.8 Å². The van der Waals surface area contributed by atoms with E-state index < -0.39 is 5.60 Å². The predicted octanol–water partition coefficient (Wildman–Crippen LogP) is 1.29. The van der Waals surface area contributed by atoms with Crippen molar-refractivity contribution < 1.29 is 9.84 Å². The molecule has 4 nitrogen and oxygen atoms in total. The van der Waals surface area contributed by atoms with Gasteiger partial charge in [0.15, 0.2) is 0 Å². The first-order valence-corrected chi connectivity index (χ1v) is 5.98. The summed E-state index contributed by atoms with van der Waals surface area (Å²) in [5.41, 5.74) is 0.0895. The van der Waals surface area contributed by atoms with Crippen LogP contribution in [0.3, 0.4) is 0 Å². The lowest BCUT2D eigenvalue weighted by molar-refractivity contribution is -0.123. The quantitative estimate of drug-likeness (QED) is 0.901. The van der Waals surface area contributed by atoms with Crippen LogP contribution in [0, 0.1) is 5.92 Å². The Morgan fingerprint density at radius 3 is 2.94 bits per heavy atom. The molecule has 1 aromatic heterocycles. The van der Waals surface area contributed by atoms with Gasteiger partial charge < -0.3 is 14.7 Å². The third kappa shape index (κ3) is 3.20. The van der Waals surface area contributed by atoms with Crippen molar-refractivity contribution in [1.82, 2.24) is 9.88 Å². The minimum absolute atomic E-state index is 0. The number of hydrogen-bond donors (Lipinski definition) is 1. The minimum atomic E-state index is -0.809. The normalized spacial score (nSPS) is 27.9. The van der Waals surface area contributed by atoms with E-state index in [2.05, 4.69) is 9.88 Å². The maximum Gasteiger partial charge on any atom is 0.0995 e. The van der Waals surface area contributed by atoms with Gasteiger partial charge in [-0.05, 0) is 20.2 Å². The molecule has 1 N–H and O–H groups in total. The number of nitrogens with zero attached hydrogens (tertiary/aromatic N) is 2. The molecule has 2 heterocycles. The Kier molecular flexibility index (Phi) is 5.53. The summed E-state index contributed by atoms with van der Waals surface area (Å²) >= 11 is 0. The van der Waals surface area contributed by atoms with E-state index in [0.717, 1.165) is 12.1 Å². The number of aromatic nitrogens is 1. The van der Waals surface area contributed by atoms with Gasteiger partial charge in [0.1, 0.15) is 0 Å². The SMILES string of the molecule is CN(C)C[C@H]1COCC[C@]1(O)c1cccnc1.Cl. The van der Waals surface area contributed by atoms with Gasteiger partial charge in [-0.3, -0.25) is 4.98 Å². The van der Waals surface area contributed by atoms with Gasteiger partial charge in [-0.25, -0.2) is 0 Å². The lowest BCUT2D eigenvalue weighted by atomic mass is 9.78. The Morgan fingerprint density at radius 2 is 2.33 bits per heavy atom. The lowest BCUT2D eigenvalue weighted by Gasteiger charge is -2.41. The van der Waals surface area contributed by atoms with Crippen LogP contribution in [0.1, 0.15) is 12.0 Å². The molecule has 102 valence electrons. The molecule has 1 saturated heterocycles. The average molecular weight is 273 g/mol. The summed E-state index contributed by atoms with van der Waals surface area (Å²) in [7, 11) is 4.02. The van der Waals surface area contributed by atoms with Crippen LogP contribution in [0.2, 0.25) is 0 Å². The molecule has 0 bridgehead atoms. The van der Waals surface area contributed by atoms with Gasteiger partial charge in [0.05, 0.1) is 12.2 Å². The minimum Gasteiger partial charge on any atom is -0.385 e. The summed E-state index contributed by atoms with van der Waals surface area (Å²) in [6, 6.07) is 3.82. The number of rotatable bonds is 3. The summed E-state index contributed by atoms with van der Waals surface area (Å²) < 4.78 is 5.49. The zero-order chi connectivity index (χ0) is 12.3. The summed E-state index contributed by atoms with van der Waals surface area (Å²) in [5, 5.41) is 10.9. The number of halogens is 1. The van der Waals surface area contributed by atoms with E-state index in [0.29, 0.717) is 19.6 Å². The molecule has 0 spiro atoms. The molecular formula is C13H21ClN2O2. The molecule has 1 aromatic rings. The molecule has 1 aliphatic rings. The summed E-state index contributed by atoms with van der Waals surface area (Å²) in [6.07, 6.45) is 4.12. The predicted molar refractivity (Wildman–Crippen MR) is 72.9 cm³/mol. The van der Waals surface area contributed by atoms with E-state index >= 15 is 0 Å². The second-order valence-electron chi connectivity index (χ2n) is 4.95. The highest BCUT2D eigenvalue weighted by Gasteiger charge is 2.41. The Bertz CT molecular complexity index is 361. The van der Waals surface area contributed by atoms with Gasteiger partial charge in [-0.15, -0.1) is 12.4 Å². The maximum absolute atomic E-state index is 10.9. The molecule has 0 radical (unpaired) electrons. The van der Waals surface area contributed by atoms with Crippen LogP contribution >= 0.6 is 12.4 Å². The van der Waals surface area contributed by atoms with Gasteiger partial charge in [-0.1, -0.05) is 6.07 Å². The van der Waals surface area contributed by atoms with Gasteiger partial charge in [-0.2, -0.15) is 0 Å². The van der Waals surface area contributed by atoms with E-state index in [4.69, 9.17) is 4.74 Å². The molecule has 0 aliphatic carbocycles. The molecule has 2 atom stereocenters. The van der Waals surface area contributed by atoms with Crippen LogP contribution in [-0.2, 0) is 10.3 Å². The van der Waals surface area contributed by atoms with Gasteiger partial charge >= 0.3 is 0 Å². The number of ether oxygens (including phenoxy) is 1. The third-order valence-corrected chi connectivity index (χ3v) is 3.37. The largest absolute Gasteiger partial charge is 0.385 e. The van der Waals surface area contributed by atoms with Crippen LogP contribution in [0.15, 0.2) is 24.5 Å². The van der Waals surface area contributed by atoms with Crippen molar-refractivity contribution in [3.63, 3.8) is 0 Å². The summed E-state index contributed by atoms with van der Waals surface area (Å²) in [5.74, 6) is 0.0930. The Morgan fingerprint density at radius 1 is 1.56 bits per heavy atom. The van der Waals surface area contributed by atoms with Crippen LogP contribution in [0.25, 0.3) is 0 Å². The van der Waals surface area contributed by atoms with Crippen molar-refractivity contribution >= 4 is 12.4 Å². The first-order valence-electron chi connectivity index (χ1n) is 5.98. The molecule has 0 unspecified atom stereocenters. The highest BCUT2D eigenvalue weighted by molar-refractivity contribution is 5.85. The molecule has 0 amide bonds. The standard InChI is InChI=1S/C13H20N2O2.ClH/c1-15(2)9-12-10-17-7-5-13(12,16)11-4-3-6-14-8-11;/h3-4,6,8,12,16H,5,7,9-10H2,1-2H3;1H/t12-,13-;/m0./s1. The third-order valence-electron chi connectivity index (χ3n) is 3.37. The topological polar surface area (TPSA) is 45.6 Å². The highest BCUT2D eigenvalue weighted by Crippen LogP contribution is 2.36. The maximum atomic E-state index is 10.9. The first-order chi connectivity index (χ1) is 8.13. The highest BCUT2D eigenvalue weighted by atomic mass is 35.5. The van der Waals surface area contributed by atoms with E-state index in [1.165, 1.54) is 0 Å². The summed E-state index contributed by atoms with van der Waals surface area (Å²) in [6.45, 7) is 2.02. The number of pyridine rings is 1. The van der Waals surface area contributed by atoms with Crippen molar-refractivity contribution in [2.24, 2.45) is 5.92 Å². The molecule has 5 heteroatoms. The Labute approximate surface area is 114 Å². The Balaban J connectivity index is 0.00000162. The fraction of sp³-hybridized carbons (Fsp3) is 0.615. The van der Waals surface area contributed by atoms with Crippen molar-refractivity contribution in [3.8, 4) is 0 Å². The molecular weight excluding hydrogens is 252 g/mol. The van der Waals surface area contributed by atoms with Gasteiger partial charge in [0.25, 0.3) is 0 Å². The fourth-order valence-corrected chi connectivity index (χ4v) is 2.44. The van der Waals surface area contributed by atoms with Crippen LogP contribution in [0.5, 0.6) is 0 Å². The molecule has 2 rings (SSSR count). The molecule has 0 aromatic carbocycles. The summed E-state index contributed by atoms with van der Waals surface area (Å²) in [4.78, 5) is 6.19.